The lowest BCUT2D eigenvalue weighted by Gasteiger charge is -2.04. The molecule has 0 heterocycles. The highest BCUT2D eigenvalue weighted by Gasteiger charge is 2.05. The summed E-state index contributed by atoms with van der Waals surface area (Å²) in [4.78, 5) is 0. The molecular formula is C8H10ClFN4. The van der Waals surface area contributed by atoms with E-state index in [2.05, 4.69) is 10.5 Å². The SMILES string of the molecule is NC(N)=NNCc1c(F)cccc1Cl. The van der Waals surface area contributed by atoms with Crippen LogP contribution in [-0.4, -0.2) is 5.96 Å². The maximum absolute atomic E-state index is 13.1. The van der Waals surface area contributed by atoms with Crippen molar-refractivity contribution < 1.29 is 4.39 Å². The lowest BCUT2D eigenvalue weighted by Crippen LogP contribution is -2.26. The number of hydrogen-bond acceptors (Lipinski definition) is 2. The predicted molar refractivity (Wildman–Crippen MR) is 54.1 cm³/mol. The van der Waals surface area contributed by atoms with E-state index in [0.717, 1.165) is 0 Å². The number of hydrazone groups is 1. The molecule has 6 heteroatoms. The fourth-order valence-electron chi connectivity index (χ4n) is 0.911. The molecule has 0 radical (unpaired) electrons. The van der Waals surface area contributed by atoms with Crippen LogP contribution in [0.1, 0.15) is 5.56 Å². The second-order valence-corrected chi connectivity index (χ2v) is 2.98. The van der Waals surface area contributed by atoms with Crippen LogP contribution in [0.5, 0.6) is 0 Å². The van der Waals surface area contributed by atoms with Crippen LogP contribution >= 0.6 is 11.6 Å². The Morgan fingerprint density at radius 3 is 2.79 bits per heavy atom. The van der Waals surface area contributed by atoms with Gasteiger partial charge in [-0.2, -0.15) is 0 Å². The molecule has 0 atom stereocenters. The Morgan fingerprint density at radius 2 is 2.21 bits per heavy atom. The van der Waals surface area contributed by atoms with Crippen LogP contribution in [-0.2, 0) is 6.54 Å². The topological polar surface area (TPSA) is 76.4 Å². The van der Waals surface area contributed by atoms with Crippen LogP contribution in [0.15, 0.2) is 23.3 Å². The molecule has 0 aliphatic heterocycles. The molecule has 5 N–H and O–H groups in total. The van der Waals surface area contributed by atoms with Crippen LogP contribution in [0.2, 0.25) is 5.02 Å². The summed E-state index contributed by atoms with van der Waals surface area (Å²) in [5.41, 5.74) is 13.0. The second kappa shape index (κ2) is 4.66. The minimum absolute atomic E-state index is 0.113. The zero-order valence-electron chi connectivity index (χ0n) is 7.30. The Kier molecular flexibility index (Phi) is 3.53. The molecular weight excluding hydrogens is 207 g/mol. The maximum atomic E-state index is 13.1. The summed E-state index contributed by atoms with van der Waals surface area (Å²) in [5.74, 6) is -0.506. The molecule has 0 fully saturated rings. The summed E-state index contributed by atoms with van der Waals surface area (Å²) < 4.78 is 13.1. The van der Waals surface area contributed by atoms with E-state index in [1.165, 1.54) is 12.1 Å². The molecule has 0 aromatic heterocycles. The first-order valence-corrected chi connectivity index (χ1v) is 4.23. The third kappa shape index (κ3) is 2.77. The number of guanidine groups is 1. The average Bonchev–Trinajstić information content (AvgIpc) is 2.09. The van der Waals surface area contributed by atoms with Crippen molar-refractivity contribution >= 4 is 17.6 Å². The number of halogens is 2. The smallest absolute Gasteiger partial charge is 0.208 e. The fourth-order valence-corrected chi connectivity index (χ4v) is 1.14. The second-order valence-electron chi connectivity index (χ2n) is 2.57. The van der Waals surface area contributed by atoms with Crippen molar-refractivity contribution in [1.82, 2.24) is 5.43 Å². The van der Waals surface area contributed by atoms with Crippen LogP contribution in [0.25, 0.3) is 0 Å². The van der Waals surface area contributed by atoms with Crippen molar-refractivity contribution in [2.75, 3.05) is 0 Å². The summed E-state index contributed by atoms with van der Waals surface area (Å²) >= 11 is 5.75. The van der Waals surface area contributed by atoms with Gasteiger partial charge in [-0.25, -0.2) is 4.39 Å². The van der Waals surface area contributed by atoms with Crippen LogP contribution in [0.4, 0.5) is 4.39 Å². The van der Waals surface area contributed by atoms with E-state index in [1.807, 2.05) is 0 Å². The highest BCUT2D eigenvalue weighted by Crippen LogP contribution is 2.18. The van der Waals surface area contributed by atoms with Crippen molar-refractivity contribution in [2.45, 2.75) is 6.54 Å². The lowest BCUT2D eigenvalue weighted by molar-refractivity contribution is 0.594. The molecule has 0 spiro atoms. The first-order chi connectivity index (χ1) is 6.61. The Balaban J connectivity index is 2.71. The van der Waals surface area contributed by atoms with Crippen LogP contribution in [0, 0.1) is 5.82 Å². The minimum Gasteiger partial charge on any atom is -0.369 e. The molecule has 1 aromatic rings. The number of hydrogen-bond donors (Lipinski definition) is 3. The maximum Gasteiger partial charge on any atom is 0.208 e. The summed E-state index contributed by atoms with van der Waals surface area (Å²) in [6, 6.07) is 4.44. The highest BCUT2D eigenvalue weighted by atomic mass is 35.5. The van der Waals surface area contributed by atoms with Gasteiger partial charge >= 0.3 is 0 Å². The Morgan fingerprint density at radius 1 is 1.50 bits per heavy atom. The van der Waals surface area contributed by atoms with Crippen molar-refractivity contribution in [2.24, 2.45) is 16.6 Å². The number of rotatable bonds is 3. The van der Waals surface area contributed by atoms with Gasteiger partial charge in [-0.05, 0) is 12.1 Å². The van der Waals surface area contributed by atoms with Crippen molar-refractivity contribution in [3.8, 4) is 0 Å². The first kappa shape index (κ1) is 10.6. The molecule has 0 unspecified atom stereocenters. The highest BCUT2D eigenvalue weighted by molar-refractivity contribution is 6.31. The van der Waals surface area contributed by atoms with Crippen molar-refractivity contribution in [3.05, 3.63) is 34.6 Å². The van der Waals surface area contributed by atoms with Gasteiger partial charge in [0.05, 0.1) is 6.54 Å². The van der Waals surface area contributed by atoms with E-state index < -0.39 is 5.82 Å². The van der Waals surface area contributed by atoms with E-state index in [-0.39, 0.29) is 12.5 Å². The molecule has 0 bridgehead atoms. The van der Waals surface area contributed by atoms with Gasteiger partial charge < -0.3 is 16.9 Å². The predicted octanol–water partition coefficient (Wildman–Crippen LogP) is 0.757. The number of nitrogens with one attached hydrogen (secondary N) is 1. The van der Waals surface area contributed by atoms with Crippen LogP contribution in [0.3, 0.4) is 0 Å². The zero-order chi connectivity index (χ0) is 10.6. The molecule has 14 heavy (non-hydrogen) atoms. The average molecular weight is 217 g/mol. The third-order valence-corrected chi connectivity index (χ3v) is 1.88. The minimum atomic E-state index is -0.393. The van der Waals surface area contributed by atoms with Gasteiger partial charge in [-0.15, -0.1) is 5.10 Å². The molecule has 1 rings (SSSR count). The van der Waals surface area contributed by atoms with Crippen molar-refractivity contribution in [3.63, 3.8) is 0 Å². The molecule has 0 amide bonds. The molecule has 1 aromatic carbocycles. The largest absolute Gasteiger partial charge is 0.369 e. The Labute approximate surface area is 85.7 Å². The summed E-state index contributed by atoms with van der Waals surface area (Å²) in [5, 5.41) is 3.84. The van der Waals surface area contributed by atoms with Gasteiger partial charge in [-0.1, -0.05) is 17.7 Å². The standard InChI is InChI=1S/C8H10ClFN4/c9-6-2-1-3-7(10)5(6)4-13-14-8(11)12/h1-3,13H,4H2,(H4,11,12,14). The number of benzene rings is 1. The fraction of sp³-hybridized carbons (Fsp3) is 0.125. The first-order valence-electron chi connectivity index (χ1n) is 3.85. The normalized spacial score (nSPS) is 9.57. The zero-order valence-corrected chi connectivity index (χ0v) is 8.05. The van der Waals surface area contributed by atoms with Gasteiger partial charge in [0.15, 0.2) is 0 Å². The molecule has 0 saturated heterocycles. The van der Waals surface area contributed by atoms with Gasteiger partial charge in [0.1, 0.15) is 5.82 Å². The third-order valence-electron chi connectivity index (χ3n) is 1.53. The summed E-state index contributed by atoms with van der Waals surface area (Å²) in [6.07, 6.45) is 0. The van der Waals surface area contributed by atoms with E-state index in [1.54, 1.807) is 6.07 Å². The molecule has 76 valence electrons. The van der Waals surface area contributed by atoms with E-state index >= 15 is 0 Å². The van der Waals surface area contributed by atoms with Crippen LogP contribution < -0.4 is 16.9 Å². The van der Waals surface area contributed by atoms with Gasteiger partial charge in [0.2, 0.25) is 5.96 Å². The molecule has 0 aliphatic carbocycles. The summed E-state index contributed by atoms with van der Waals surface area (Å²) in [7, 11) is 0. The molecule has 4 nitrogen and oxygen atoms in total. The summed E-state index contributed by atoms with van der Waals surface area (Å²) in [6.45, 7) is 0.142. The van der Waals surface area contributed by atoms with Gasteiger partial charge in [0, 0.05) is 10.6 Å². The Hall–Kier alpha value is -1.49. The lowest BCUT2D eigenvalue weighted by atomic mass is 10.2. The van der Waals surface area contributed by atoms with Crippen molar-refractivity contribution in [1.29, 1.82) is 0 Å². The van der Waals surface area contributed by atoms with E-state index in [9.17, 15) is 4.39 Å². The Bertz CT molecular complexity index is 329. The quantitative estimate of drug-likeness (QED) is 0.397. The van der Waals surface area contributed by atoms with E-state index in [0.29, 0.717) is 10.6 Å². The number of nitrogens with two attached hydrogens (primary N) is 2. The van der Waals surface area contributed by atoms with E-state index in [4.69, 9.17) is 23.1 Å². The molecule has 0 saturated carbocycles. The van der Waals surface area contributed by atoms with Gasteiger partial charge in [0.25, 0.3) is 0 Å². The molecule has 0 aliphatic rings. The van der Waals surface area contributed by atoms with Gasteiger partial charge in [-0.3, -0.25) is 0 Å². The monoisotopic (exact) mass is 216 g/mol. The number of nitrogens with zero attached hydrogens (tertiary/aromatic N) is 1.